The fourth-order valence-electron chi connectivity index (χ4n) is 0.950. The molecule has 0 saturated carbocycles. The van der Waals surface area contributed by atoms with Gasteiger partial charge in [0.05, 0.1) is 6.26 Å². The highest BCUT2D eigenvalue weighted by molar-refractivity contribution is 6.01. The summed E-state index contributed by atoms with van der Waals surface area (Å²) in [7, 11) is 0. The number of hydrogen-bond acceptors (Lipinski definition) is 4. The maximum Gasteiger partial charge on any atom is 0.240 e. The number of aliphatic imine (C=N–C) groups is 1. The van der Waals surface area contributed by atoms with E-state index in [0.29, 0.717) is 0 Å². The minimum absolute atomic E-state index is 0.112. The van der Waals surface area contributed by atoms with E-state index in [-0.39, 0.29) is 17.2 Å². The molecular weight excluding hydrogens is 182 g/mol. The second-order valence-electron chi connectivity index (χ2n) is 3.92. The van der Waals surface area contributed by atoms with Crippen molar-refractivity contribution in [2.24, 2.45) is 10.4 Å². The summed E-state index contributed by atoms with van der Waals surface area (Å²) in [5, 5.41) is 0. The average molecular weight is 193 g/mol. The topological polar surface area (TPSA) is 59.6 Å². The summed E-state index contributed by atoms with van der Waals surface area (Å²) in [4.78, 5) is 25.2. The molecule has 0 atom stereocenters. The number of hydrogen-bond donors (Lipinski definition) is 0. The van der Waals surface area contributed by atoms with Gasteiger partial charge in [0.25, 0.3) is 0 Å². The monoisotopic (exact) mass is 193 g/mol. The van der Waals surface area contributed by atoms with E-state index in [1.807, 2.05) is 0 Å². The summed E-state index contributed by atoms with van der Waals surface area (Å²) in [6.07, 6.45) is 2.71. The fraction of sp³-hybridized carbons (Fsp3) is 0.400. The lowest BCUT2D eigenvalue weighted by molar-refractivity contribution is 0.0829. The Morgan fingerprint density at radius 2 is 2.14 bits per heavy atom. The molecule has 1 heterocycles. The molecule has 0 fully saturated rings. The Balaban J connectivity index is 3.14. The van der Waals surface area contributed by atoms with E-state index < -0.39 is 5.41 Å². The van der Waals surface area contributed by atoms with Crippen molar-refractivity contribution in [2.45, 2.75) is 20.8 Å². The number of carbonyl (C=O) groups excluding carboxylic acids is 2. The highest BCUT2D eigenvalue weighted by atomic mass is 16.3. The van der Waals surface area contributed by atoms with Gasteiger partial charge in [0.1, 0.15) is 5.69 Å². The fourth-order valence-corrected chi connectivity index (χ4v) is 0.950. The minimum Gasteiger partial charge on any atom is -0.459 e. The predicted molar refractivity (Wildman–Crippen MR) is 50.3 cm³/mol. The molecule has 0 N–H and O–H groups in total. The van der Waals surface area contributed by atoms with Gasteiger partial charge < -0.3 is 4.42 Å². The van der Waals surface area contributed by atoms with E-state index in [1.54, 1.807) is 20.8 Å². The normalized spacial score (nSPS) is 10.8. The first-order valence-corrected chi connectivity index (χ1v) is 4.17. The Morgan fingerprint density at radius 3 is 2.64 bits per heavy atom. The van der Waals surface area contributed by atoms with Crippen LogP contribution < -0.4 is 0 Å². The first-order valence-electron chi connectivity index (χ1n) is 4.17. The highest BCUT2D eigenvalue weighted by Crippen LogP contribution is 2.28. The average Bonchev–Trinajstić information content (AvgIpc) is 2.50. The lowest BCUT2D eigenvalue weighted by Crippen LogP contribution is -2.19. The molecule has 0 spiro atoms. The smallest absolute Gasteiger partial charge is 0.240 e. The number of nitrogens with zero attached hydrogens (tertiary/aromatic N) is 1. The standard InChI is InChI=1S/C10H11NO3/c1-10(2,3)9(13)8-7(11-6-12)4-5-14-8/h4-5H,1-3H3. The SMILES string of the molecule is CC(C)(C)C(=O)c1occc1N=C=O. The van der Waals surface area contributed by atoms with Gasteiger partial charge in [0.2, 0.25) is 11.9 Å². The molecule has 0 amide bonds. The molecule has 0 aliphatic carbocycles. The van der Waals surface area contributed by atoms with E-state index in [4.69, 9.17) is 4.42 Å². The molecular formula is C10H11NO3. The van der Waals surface area contributed by atoms with E-state index in [9.17, 15) is 9.59 Å². The summed E-state index contributed by atoms with van der Waals surface area (Å²) in [6, 6.07) is 1.46. The number of Topliss-reactive ketones (excluding diaryl/α,β-unsaturated/α-hetero) is 1. The molecule has 0 aromatic carbocycles. The summed E-state index contributed by atoms with van der Waals surface area (Å²) in [5.74, 6) is -0.0719. The molecule has 0 aliphatic heterocycles. The number of rotatable bonds is 2. The molecule has 0 saturated heterocycles. The van der Waals surface area contributed by atoms with Crippen LogP contribution >= 0.6 is 0 Å². The maximum absolute atomic E-state index is 11.7. The van der Waals surface area contributed by atoms with Crippen LogP contribution in [0.1, 0.15) is 31.3 Å². The van der Waals surface area contributed by atoms with Crippen molar-refractivity contribution in [1.29, 1.82) is 0 Å². The van der Waals surface area contributed by atoms with E-state index in [0.717, 1.165) is 0 Å². The molecule has 0 radical (unpaired) electrons. The molecule has 14 heavy (non-hydrogen) atoms. The van der Waals surface area contributed by atoms with Crippen LogP contribution in [-0.2, 0) is 4.79 Å². The van der Waals surface area contributed by atoms with Crippen LogP contribution in [0.15, 0.2) is 21.7 Å². The Bertz CT molecular complexity index is 392. The van der Waals surface area contributed by atoms with Crippen LogP contribution in [0.4, 0.5) is 5.69 Å². The first kappa shape index (κ1) is 10.4. The molecule has 1 aromatic rings. The Morgan fingerprint density at radius 1 is 1.50 bits per heavy atom. The van der Waals surface area contributed by atoms with Gasteiger partial charge in [-0.15, -0.1) is 0 Å². The Labute approximate surface area is 81.6 Å². The summed E-state index contributed by atoms with van der Waals surface area (Å²) >= 11 is 0. The van der Waals surface area contributed by atoms with Gasteiger partial charge in [-0.1, -0.05) is 20.8 Å². The van der Waals surface area contributed by atoms with Crippen molar-refractivity contribution in [1.82, 2.24) is 0 Å². The van der Waals surface area contributed by atoms with Crippen molar-refractivity contribution in [3.63, 3.8) is 0 Å². The third-order valence-corrected chi connectivity index (χ3v) is 1.70. The Hall–Kier alpha value is -1.67. The van der Waals surface area contributed by atoms with Gasteiger partial charge >= 0.3 is 0 Å². The summed E-state index contributed by atoms with van der Waals surface area (Å²) in [6.45, 7) is 5.31. The second kappa shape index (κ2) is 3.60. The van der Waals surface area contributed by atoms with Crippen molar-refractivity contribution in [3.8, 4) is 0 Å². The zero-order valence-corrected chi connectivity index (χ0v) is 8.33. The van der Waals surface area contributed by atoms with E-state index in [2.05, 4.69) is 4.99 Å². The molecule has 0 bridgehead atoms. The zero-order valence-electron chi connectivity index (χ0n) is 8.33. The van der Waals surface area contributed by atoms with Crippen molar-refractivity contribution in [2.75, 3.05) is 0 Å². The van der Waals surface area contributed by atoms with E-state index >= 15 is 0 Å². The molecule has 1 aromatic heterocycles. The quantitative estimate of drug-likeness (QED) is 0.412. The molecule has 0 aliphatic rings. The van der Waals surface area contributed by atoms with E-state index in [1.165, 1.54) is 18.4 Å². The molecule has 4 heteroatoms. The number of ketones is 1. The second-order valence-corrected chi connectivity index (χ2v) is 3.92. The molecule has 74 valence electrons. The van der Waals surface area contributed by atoms with Gasteiger partial charge in [-0.05, 0) is 0 Å². The summed E-state index contributed by atoms with van der Waals surface area (Å²) in [5.41, 5.74) is -0.315. The van der Waals surface area contributed by atoms with Gasteiger partial charge in [-0.2, -0.15) is 4.99 Å². The first-order chi connectivity index (χ1) is 6.46. The third-order valence-electron chi connectivity index (χ3n) is 1.70. The van der Waals surface area contributed by atoms with Crippen LogP contribution in [0.2, 0.25) is 0 Å². The van der Waals surface area contributed by atoms with Gasteiger partial charge in [0, 0.05) is 11.5 Å². The largest absolute Gasteiger partial charge is 0.459 e. The summed E-state index contributed by atoms with van der Waals surface area (Å²) < 4.78 is 4.98. The number of furan rings is 1. The van der Waals surface area contributed by atoms with Crippen LogP contribution in [-0.4, -0.2) is 11.9 Å². The number of carbonyl (C=O) groups is 1. The van der Waals surface area contributed by atoms with Crippen molar-refractivity contribution < 1.29 is 14.0 Å². The molecule has 0 unspecified atom stereocenters. The zero-order chi connectivity index (χ0) is 10.8. The minimum atomic E-state index is -0.551. The Kier molecular flexibility index (Phi) is 2.68. The lowest BCUT2D eigenvalue weighted by atomic mass is 9.89. The van der Waals surface area contributed by atoms with Crippen LogP contribution in [0, 0.1) is 5.41 Å². The van der Waals surface area contributed by atoms with Crippen molar-refractivity contribution >= 4 is 17.6 Å². The van der Waals surface area contributed by atoms with Crippen LogP contribution in [0.5, 0.6) is 0 Å². The third kappa shape index (κ3) is 1.98. The highest BCUT2D eigenvalue weighted by Gasteiger charge is 2.27. The van der Waals surface area contributed by atoms with Crippen LogP contribution in [0.3, 0.4) is 0 Å². The number of isocyanates is 1. The van der Waals surface area contributed by atoms with Crippen LogP contribution in [0.25, 0.3) is 0 Å². The van der Waals surface area contributed by atoms with Gasteiger partial charge in [0.15, 0.2) is 5.76 Å². The lowest BCUT2D eigenvalue weighted by Gasteiger charge is -2.14. The predicted octanol–water partition coefficient (Wildman–Crippen LogP) is 2.48. The molecule has 4 nitrogen and oxygen atoms in total. The van der Waals surface area contributed by atoms with Crippen molar-refractivity contribution in [3.05, 3.63) is 18.1 Å². The van der Waals surface area contributed by atoms with Gasteiger partial charge in [-0.3, -0.25) is 4.79 Å². The van der Waals surface area contributed by atoms with Gasteiger partial charge in [-0.25, -0.2) is 4.79 Å². The maximum atomic E-state index is 11.7. The molecule has 1 rings (SSSR count).